The summed E-state index contributed by atoms with van der Waals surface area (Å²) >= 11 is 0. The number of aromatic nitrogens is 3. The van der Waals surface area contributed by atoms with Crippen molar-refractivity contribution < 1.29 is 32.5 Å². The molecule has 0 saturated heterocycles. The Morgan fingerprint density at radius 1 is 1.20 bits per heavy atom. The smallest absolute Gasteiger partial charge is 0.497 e. The quantitative estimate of drug-likeness (QED) is 0.607. The number of hydrogen-bond acceptors (Lipinski definition) is 6. The summed E-state index contributed by atoms with van der Waals surface area (Å²) in [6.45, 7) is 0.0432. The first kappa shape index (κ1) is 21.1. The molecule has 0 spiro atoms. The van der Waals surface area contributed by atoms with Crippen LogP contribution in [0, 0.1) is 0 Å². The molecule has 30 heavy (non-hydrogen) atoms. The van der Waals surface area contributed by atoms with Crippen LogP contribution in [-0.4, -0.2) is 39.3 Å². The van der Waals surface area contributed by atoms with Crippen LogP contribution in [0.3, 0.4) is 0 Å². The summed E-state index contributed by atoms with van der Waals surface area (Å²) < 4.78 is 47.1. The number of benzene rings is 2. The average molecular weight is 422 g/mol. The Kier molecular flexibility index (Phi) is 6.21. The molecule has 3 rings (SSSR count). The predicted octanol–water partition coefficient (Wildman–Crippen LogP) is 3.17. The molecule has 1 heterocycles. The van der Waals surface area contributed by atoms with Crippen molar-refractivity contribution in [2.75, 3.05) is 12.4 Å². The van der Waals surface area contributed by atoms with E-state index in [4.69, 9.17) is 4.74 Å². The number of amides is 1. The standard InChI is InChI=1S/C19H17F3N4O4/c1-29-14-7-5-12(6-8-14)16(27)10-26-11-23-17(25-26)18(28)24-13-3-2-4-15(9-13)30-19(20,21)22/h2-9,11,16,27H,10H2,1H3,(H,24,28). The van der Waals surface area contributed by atoms with Crippen LogP contribution >= 0.6 is 0 Å². The van der Waals surface area contributed by atoms with Gasteiger partial charge in [-0.15, -0.1) is 18.3 Å². The van der Waals surface area contributed by atoms with Crippen molar-refractivity contribution in [1.29, 1.82) is 0 Å². The molecule has 0 aliphatic heterocycles. The van der Waals surface area contributed by atoms with Crippen molar-refractivity contribution in [3.8, 4) is 11.5 Å². The van der Waals surface area contributed by atoms with Crippen molar-refractivity contribution in [3.05, 3.63) is 66.2 Å². The van der Waals surface area contributed by atoms with Crippen molar-refractivity contribution in [1.82, 2.24) is 14.8 Å². The summed E-state index contributed by atoms with van der Waals surface area (Å²) in [5, 5.41) is 16.7. The van der Waals surface area contributed by atoms with Crippen LogP contribution in [0.25, 0.3) is 0 Å². The van der Waals surface area contributed by atoms with Crippen molar-refractivity contribution >= 4 is 11.6 Å². The predicted molar refractivity (Wildman–Crippen MR) is 99.1 cm³/mol. The number of carbonyl (C=O) groups excluding carboxylic acids is 1. The maximum Gasteiger partial charge on any atom is 0.573 e. The van der Waals surface area contributed by atoms with Crippen LogP contribution in [0.15, 0.2) is 54.9 Å². The van der Waals surface area contributed by atoms with Crippen LogP contribution < -0.4 is 14.8 Å². The van der Waals surface area contributed by atoms with Gasteiger partial charge in [0.1, 0.15) is 17.8 Å². The van der Waals surface area contributed by atoms with Gasteiger partial charge in [-0.25, -0.2) is 9.67 Å². The minimum absolute atomic E-state index is 0.0432. The molecular weight excluding hydrogens is 405 g/mol. The number of rotatable bonds is 7. The molecule has 0 aliphatic rings. The first-order valence-corrected chi connectivity index (χ1v) is 8.62. The van der Waals surface area contributed by atoms with E-state index in [9.17, 15) is 23.1 Å². The fourth-order valence-electron chi connectivity index (χ4n) is 2.55. The van der Waals surface area contributed by atoms with E-state index in [1.54, 1.807) is 24.3 Å². The SMILES string of the molecule is COc1ccc(C(O)Cn2cnc(C(=O)Nc3cccc(OC(F)(F)F)c3)n2)cc1. The number of alkyl halides is 3. The summed E-state index contributed by atoms with van der Waals surface area (Å²) in [5.74, 6) is -0.757. The molecule has 1 atom stereocenters. The number of aliphatic hydroxyl groups excluding tert-OH is 1. The fourth-order valence-corrected chi connectivity index (χ4v) is 2.55. The zero-order valence-corrected chi connectivity index (χ0v) is 15.6. The maximum absolute atomic E-state index is 12.3. The number of ether oxygens (including phenoxy) is 2. The highest BCUT2D eigenvalue weighted by Gasteiger charge is 2.31. The molecule has 3 aromatic rings. The van der Waals surface area contributed by atoms with Crippen LogP contribution in [0.1, 0.15) is 22.3 Å². The minimum atomic E-state index is -4.84. The number of carbonyl (C=O) groups is 1. The number of anilines is 1. The lowest BCUT2D eigenvalue weighted by molar-refractivity contribution is -0.274. The van der Waals surface area contributed by atoms with Gasteiger partial charge in [0.15, 0.2) is 0 Å². The van der Waals surface area contributed by atoms with Crippen molar-refractivity contribution in [2.45, 2.75) is 19.0 Å². The Labute approximate surface area is 168 Å². The number of aliphatic hydroxyl groups is 1. The molecule has 0 aliphatic carbocycles. The molecule has 8 nitrogen and oxygen atoms in total. The van der Waals surface area contributed by atoms with Gasteiger partial charge >= 0.3 is 6.36 Å². The number of hydrogen-bond donors (Lipinski definition) is 2. The topological polar surface area (TPSA) is 98.5 Å². The molecule has 0 saturated carbocycles. The molecule has 1 unspecified atom stereocenters. The Hall–Kier alpha value is -3.60. The van der Waals surface area contributed by atoms with Crippen LogP contribution in [0.4, 0.5) is 18.9 Å². The van der Waals surface area contributed by atoms with Gasteiger partial charge in [-0.1, -0.05) is 18.2 Å². The highest BCUT2D eigenvalue weighted by molar-refractivity contribution is 6.01. The number of halogens is 3. The Bertz CT molecular complexity index is 1010. The van der Waals surface area contributed by atoms with Gasteiger partial charge in [-0.2, -0.15) is 0 Å². The molecular formula is C19H17F3N4O4. The van der Waals surface area contributed by atoms with Gasteiger partial charge < -0.3 is 19.9 Å². The lowest BCUT2D eigenvalue weighted by Gasteiger charge is -2.11. The molecule has 1 aromatic heterocycles. The van der Waals surface area contributed by atoms with Crippen LogP contribution in [0.2, 0.25) is 0 Å². The lowest BCUT2D eigenvalue weighted by atomic mass is 10.1. The van der Waals surface area contributed by atoms with E-state index in [0.717, 1.165) is 12.1 Å². The summed E-state index contributed by atoms with van der Waals surface area (Å²) in [4.78, 5) is 16.1. The second kappa shape index (κ2) is 8.82. The molecule has 0 fully saturated rings. The first-order chi connectivity index (χ1) is 14.2. The second-order valence-electron chi connectivity index (χ2n) is 6.11. The molecule has 2 N–H and O–H groups in total. The van der Waals surface area contributed by atoms with Gasteiger partial charge in [-0.05, 0) is 29.8 Å². The highest BCUT2D eigenvalue weighted by atomic mass is 19.4. The average Bonchev–Trinajstić information content (AvgIpc) is 3.15. The fraction of sp³-hybridized carbons (Fsp3) is 0.211. The third kappa shape index (κ3) is 5.70. The van der Waals surface area contributed by atoms with E-state index in [0.29, 0.717) is 11.3 Å². The monoisotopic (exact) mass is 422 g/mol. The molecule has 0 bridgehead atoms. The summed E-state index contributed by atoms with van der Waals surface area (Å²) in [6, 6.07) is 11.6. The molecule has 2 aromatic carbocycles. The van der Waals surface area contributed by atoms with Crippen molar-refractivity contribution in [3.63, 3.8) is 0 Å². The summed E-state index contributed by atoms with van der Waals surface area (Å²) in [7, 11) is 1.53. The molecule has 1 amide bonds. The largest absolute Gasteiger partial charge is 0.573 e. The van der Waals surface area contributed by atoms with Gasteiger partial charge in [0.2, 0.25) is 5.82 Å². The van der Waals surface area contributed by atoms with Gasteiger partial charge in [0.05, 0.1) is 19.8 Å². The van der Waals surface area contributed by atoms with Crippen LogP contribution in [-0.2, 0) is 6.54 Å². The summed E-state index contributed by atoms with van der Waals surface area (Å²) in [5.41, 5.74) is 0.704. The lowest BCUT2D eigenvalue weighted by Crippen LogP contribution is -2.18. The zero-order valence-electron chi connectivity index (χ0n) is 15.6. The van der Waals surface area contributed by atoms with E-state index in [1.165, 1.54) is 30.3 Å². The second-order valence-corrected chi connectivity index (χ2v) is 6.11. The molecule has 11 heteroatoms. The minimum Gasteiger partial charge on any atom is -0.497 e. The first-order valence-electron chi connectivity index (χ1n) is 8.62. The highest BCUT2D eigenvalue weighted by Crippen LogP contribution is 2.25. The van der Waals surface area contributed by atoms with Gasteiger partial charge in [0, 0.05) is 11.8 Å². The van der Waals surface area contributed by atoms with E-state index < -0.39 is 24.1 Å². The van der Waals surface area contributed by atoms with E-state index in [2.05, 4.69) is 20.1 Å². The van der Waals surface area contributed by atoms with E-state index >= 15 is 0 Å². The zero-order chi connectivity index (χ0) is 21.7. The third-order valence-electron chi connectivity index (χ3n) is 3.93. The normalized spacial score (nSPS) is 12.3. The Balaban J connectivity index is 1.62. The number of nitrogens with one attached hydrogen (secondary N) is 1. The van der Waals surface area contributed by atoms with Crippen molar-refractivity contribution in [2.24, 2.45) is 0 Å². The Morgan fingerprint density at radius 3 is 2.60 bits per heavy atom. The number of nitrogens with zero attached hydrogens (tertiary/aromatic N) is 3. The van der Waals surface area contributed by atoms with Gasteiger partial charge in [-0.3, -0.25) is 4.79 Å². The van der Waals surface area contributed by atoms with Gasteiger partial charge in [0.25, 0.3) is 5.91 Å². The maximum atomic E-state index is 12.3. The molecule has 0 radical (unpaired) electrons. The van der Waals surface area contributed by atoms with E-state index in [-0.39, 0.29) is 18.1 Å². The van der Waals surface area contributed by atoms with E-state index in [1.807, 2.05) is 0 Å². The third-order valence-corrected chi connectivity index (χ3v) is 3.93. The number of methoxy groups -OCH3 is 1. The summed E-state index contributed by atoms with van der Waals surface area (Å²) in [6.07, 6.45) is -4.47. The van der Waals surface area contributed by atoms with Crippen LogP contribution in [0.5, 0.6) is 11.5 Å². The Morgan fingerprint density at radius 2 is 1.93 bits per heavy atom. The molecule has 158 valence electrons.